The van der Waals surface area contributed by atoms with E-state index in [9.17, 15) is 24.0 Å². The molecule has 0 aromatic heterocycles. The second-order valence-corrected chi connectivity index (χ2v) is 11.2. The highest BCUT2D eigenvalue weighted by molar-refractivity contribution is 6.31. The molecule has 5 atom stereocenters. The zero-order chi connectivity index (χ0) is 33.3. The van der Waals surface area contributed by atoms with Crippen LogP contribution in [0.2, 0.25) is 5.02 Å². The lowest BCUT2D eigenvalue weighted by Gasteiger charge is -2.45. The van der Waals surface area contributed by atoms with Crippen LogP contribution in [-0.4, -0.2) is 67.3 Å². The Morgan fingerprint density at radius 3 is 1.89 bits per heavy atom. The minimum atomic E-state index is -1.35. The summed E-state index contributed by atoms with van der Waals surface area (Å²) in [4.78, 5) is 60.3. The quantitative estimate of drug-likeness (QED) is 0.226. The van der Waals surface area contributed by atoms with E-state index in [1.807, 2.05) is 24.3 Å². The second kappa shape index (κ2) is 16.5. The van der Waals surface area contributed by atoms with Crippen LogP contribution in [0.3, 0.4) is 0 Å². The van der Waals surface area contributed by atoms with Crippen LogP contribution in [0.15, 0.2) is 36.4 Å². The Labute approximate surface area is 267 Å². The highest BCUT2D eigenvalue weighted by Gasteiger charge is 2.53. The van der Waals surface area contributed by atoms with Gasteiger partial charge in [0.15, 0.2) is 24.1 Å². The van der Waals surface area contributed by atoms with E-state index in [4.69, 9.17) is 40.0 Å². The zero-order valence-corrected chi connectivity index (χ0v) is 27.0. The molecule has 1 aliphatic rings. The van der Waals surface area contributed by atoms with Gasteiger partial charge in [0.2, 0.25) is 0 Å². The summed E-state index contributed by atoms with van der Waals surface area (Å²) in [6.07, 6.45) is -4.90. The van der Waals surface area contributed by atoms with Crippen molar-refractivity contribution >= 4 is 41.3 Å². The Hall–Kier alpha value is -3.80. The van der Waals surface area contributed by atoms with Gasteiger partial charge in [0.25, 0.3) is 0 Å². The molecule has 1 saturated heterocycles. The van der Waals surface area contributed by atoms with Crippen molar-refractivity contribution < 1.29 is 52.4 Å². The lowest BCUT2D eigenvalue weighted by molar-refractivity contribution is -0.254. The average Bonchev–Trinajstić information content (AvgIpc) is 2.95. The molecule has 0 N–H and O–H groups in total. The molecule has 0 radical (unpaired) electrons. The molecule has 1 fully saturated rings. The van der Waals surface area contributed by atoms with Crippen LogP contribution in [0, 0.1) is 0 Å². The average molecular weight is 647 g/mol. The first-order valence-corrected chi connectivity index (χ1v) is 14.9. The highest BCUT2D eigenvalue weighted by atomic mass is 35.5. The predicted molar refractivity (Wildman–Crippen MR) is 161 cm³/mol. The van der Waals surface area contributed by atoms with Crippen molar-refractivity contribution in [3.8, 4) is 0 Å². The summed E-state index contributed by atoms with van der Waals surface area (Å²) in [6, 6.07) is 11.5. The third-order valence-electron chi connectivity index (χ3n) is 6.99. The molecule has 12 heteroatoms. The predicted octanol–water partition coefficient (Wildman–Crippen LogP) is 4.40. The Morgan fingerprint density at radius 1 is 0.756 bits per heavy atom. The third-order valence-corrected chi connectivity index (χ3v) is 7.35. The molecule has 1 aliphatic heterocycles. The van der Waals surface area contributed by atoms with Gasteiger partial charge in [0.1, 0.15) is 25.4 Å². The lowest BCUT2D eigenvalue weighted by atomic mass is 9.87. The highest BCUT2D eigenvalue weighted by Crippen LogP contribution is 2.41. The number of carbonyl (C=O) groups is 5. The van der Waals surface area contributed by atoms with Crippen LogP contribution >= 0.6 is 11.6 Å². The van der Waals surface area contributed by atoms with Crippen LogP contribution in [0.4, 0.5) is 0 Å². The molecule has 3 rings (SSSR count). The minimum absolute atomic E-state index is 0.0625. The first-order valence-electron chi connectivity index (χ1n) is 14.6. The monoisotopic (exact) mass is 646 g/mol. The fourth-order valence-electron chi connectivity index (χ4n) is 5.10. The van der Waals surface area contributed by atoms with Crippen LogP contribution < -0.4 is 0 Å². The summed E-state index contributed by atoms with van der Waals surface area (Å²) in [7, 11) is 0. The number of rotatable bonds is 13. The molecule has 0 amide bonds. The summed E-state index contributed by atoms with van der Waals surface area (Å²) in [5.41, 5.74) is 3.84. The first kappa shape index (κ1) is 35.7. The number of aryl methyl sites for hydroxylation is 1. The Kier molecular flexibility index (Phi) is 13.1. The van der Waals surface area contributed by atoms with Crippen molar-refractivity contribution in [3.63, 3.8) is 0 Å². The van der Waals surface area contributed by atoms with E-state index in [1.54, 1.807) is 12.1 Å². The van der Waals surface area contributed by atoms with Crippen molar-refractivity contribution in [1.82, 2.24) is 0 Å². The number of carbonyl (C=O) groups excluding carboxylic acids is 5. The van der Waals surface area contributed by atoms with Gasteiger partial charge in [-0.1, -0.05) is 48.9 Å². The van der Waals surface area contributed by atoms with Crippen molar-refractivity contribution in [2.24, 2.45) is 0 Å². The summed E-state index contributed by atoms with van der Waals surface area (Å²) < 4.78 is 34.1. The van der Waals surface area contributed by atoms with Gasteiger partial charge in [-0.3, -0.25) is 24.0 Å². The van der Waals surface area contributed by atoms with Gasteiger partial charge in [-0.2, -0.15) is 0 Å². The molecule has 45 heavy (non-hydrogen) atoms. The topological polar surface area (TPSA) is 141 Å². The summed E-state index contributed by atoms with van der Waals surface area (Å²) in [5, 5.41) is 0.422. The van der Waals surface area contributed by atoms with Gasteiger partial charge >= 0.3 is 23.9 Å². The second-order valence-electron chi connectivity index (χ2n) is 10.8. The number of Topliss-reactive ketones (excluding diaryl/α,β-unsaturated/α-hetero) is 1. The smallest absolute Gasteiger partial charge is 0.303 e. The third kappa shape index (κ3) is 10.4. The molecular weight excluding hydrogens is 608 g/mol. The Morgan fingerprint density at radius 2 is 1.33 bits per heavy atom. The number of benzene rings is 2. The van der Waals surface area contributed by atoms with Crippen molar-refractivity contribution in [3.05, 3.63) is 69.2 Å². The molecule has 11 nitrogen and oxygen atoms in total. The Bertz CT molecular complexity index is 1390. The molecule has 0 bridgehead atoms. The van der Waals surface area contributed by atoms with Gasteiger partial charge < -0.3 is 28.4 Å². The van der Waals surface area contributed by atoms with Gasteiger partial charge in [0, 0.05) is 32.7 Å². The SMILES string of the molecule is CCc1ccc(Cc2cc([C@@H]3O[C@H](COC(C)=O)[C@@H](OC(C)=O)[C@H](OC(C)=O)[C@H]3OC(C)=O)c(COCC(C)=O)cc2Cl)cc1. The Balaban J connectivity index is 2.20. The molecule has 0 aliphatic carbocycles. The fourth-order valence-corrected chi connectivity index (χ4v) is 5.35. The minimum Gasteiger partial charge on any atom is -0.463 e. The van der Waals surface area contributed by atoms with Crippen LogP contribution in [0.1, 0.15) is 75.5 Å². The van der Waals surface area contributed by atoms with Gasteiger partial charge in [-0.05, 0) is 53.6 Å². The van der Waals surface area contributed by atoms with E-state index in [-0.39, 0.29) is 25.6 Å². The van der Waals surface area contributed by atoms with Crippen molar-refractivity contribution in [2.75, 3.05) is 13.2 Å². The van der Waals surface area contributed by atoms with E-state index >= 15 is 0 Å². The molecule has 2 aromatic carbocycles. The van der Waals surface area contributed by atoms with Gasteiger partial charge in [-0.25, -0.2) is 0 Å². The largest absolute Gasteiger partial charge is 0.463 e. The first-order chi connectivity index (χ1) is 21.3. The number of hydrogen-bond donors (Lipinski definition) is 0. The number of esters is 4. The zero-order valence-electron chi connectivity index (χ0n) is 26.3. The van der Waals surface area contributed by atoms with E-state index in [1.165, 1.54) is 26.3 Å². The normalized spacial score (nSPS) is 21.0. The van der Waals surface area contributed by atoms with Crippen molar-refractivity contribution in [1.29, 1.82) is 0 Å². The van der Waals surface area contributed by atoms with E-state index in [0.29, 0.717) is 28.1 Å². The number of ketones is 1. The molecule has 2 aromatic rings. The van der Waals surface area contributed by atoms with E-state index < -0.39 is 54.4 Å². The number of ether oxygens (including phenoxy) is 6. The van der Waals surface area contributed by atoms with Gasteiger partial charge in [0.05, 0.1) is 6.61 Å². The van der Waals surface area contributed by atoms with E-state index in [0.717, 1.165) is 25.8 Å². The maximum Gasteiger partial charge on any atom is 0.303 e. The molecular formula is C33H39ClO11. The maximum absolute atomic E-state index is 12.4. The van der Waals surface area contributed by atoms with Gasteiger partial charge in [-0.15, -0.1) is 0 Å². The molecule has 0 saturated carbocycles. The molecule has 1 heterocycles. The summed E-state index contributed by atoms with van der Waals surface area (Å²) in [5.74, 6) is -3.00. The van der Waals surface area contributed by atoms with Crippen molar-refractivity contribution in [2.45, 2.75) is 91.5 Å². The number of halogens is 1. The molecule has 244 valence electrons. The standard InChI is InChI=1S/C33H39ClO11/c1-7-23-8-10-24(11-9-23)12-25-13-27(26(14-28(25)34)16-40-15-18(2)35)30-32(43-21(5)38)33(44-22(6)39)31(42-20(4)37)29(45-30)17-41-19(3)36/h8-11,13-14,29-33H,7,12,15-17H2,1-6H3/t29-,30+,31-,32+,33+/m1/s1. The number of hydrogen-bond acceptors (Lipinski definition) is 11. The van der Waals surface area contributed by atoms with Crippen LogP contribution in [-0.2, 0) is 71.8 Å². The molecule has 0 spiro atoms. The fraction of sp³-hybridized carbons (Fsp3) is 0.485. The van der Waals surface area contributed by atoms with E-state index in [2.05, 4.69) is 6.92 Å². The molecule has 0 unspecified atom stereocenters. The lowest BCUT2D eigenvalue weighted by Crippen LogP contribution is -2.59. The summed E-state index contributed by atoms with van der Waals surface area (Å²) >= 11 is 6.77. The maximum atomic E-state index is 12.4. The van der Waals surface area contributed by atoms with Crippen LogP contribution in [0.5, 0.6) is 0 Å². The van der Waals surface area contributed by atoms with Crippen LogP contribution in [0.25, 0.3) is 0 Å². The summed E-state index contributed by atoms with van der Waals surface area (Å²) in [6.45, 7) is 7.56.